The minimum atomic E-state index is -3.45. The standard InChI is InChI=1S/C19H30N2O3S/c1-4-15(3)21-19(22)17-9-7-16(8-10-17)13-20-25(23,24)18-11-5-14(2)6-12-18/h5-6,11-12,15-17,20H,4,7-10,13H2,1-3H3,(H,21,22)/t15-,16?,17?/m1/s1. The van der Waals surface area contributed by atoms with Gasteiger partial charge in [-0.3, -0.25) is 4.79 Å². The minimum absolute atomic E-state index is 0.0685. The molecule has 1 aliphatic rings. The van der Waals surface area contributed by atoms with Crippen molar-refractivity contribution >= 4 is 15.9 Å². The van der Waals surface area contributed by atoms with Crippen LogP contribution >= 0.6 is 0 Å². The van der Waals surface area contributed by atoms with Crippen LogP contribution in [-0.2, 0) is 14.8 Å². The largest absolute Gasteiger partial charge is 0.353 e. The predicted molar refractivity (Wildman–Crippen MR) is 99.7 cm³/mol. The van der Waals surface area contributed by atoms with Crippen molar-refractivity contribution in [2.45, 2.75) is 63.8 Å². The van der Waals surface area contributed by atoms with Crippen LogP contribution in [0.1, 0.15) is 51.5 Å². The van der Waals surface area contributed by atoms with Crippen LogP contribution in [0.3, 0.4) is 0 Å². The van der Waals surface area contributed by atoms with Gasteiger partial charge in [0, 0.05) is 18.5 Å². The van der Waals surface area contributed by atoms with Gasteiger partial charge in [0.15, 0.2) is 0 Å². The van der Waals surface area contributed by atoms with Gasteiger partial charge in [0.25, 0.3) is 0 Å². The van der Waals surface area contributed by atoms with Gasteiger partial charge in [-0.25, -0.2) is 13.1 Å². The fourth-order valence-electron chi connectivity index (χ4n) is 3.12. The molecule has 2 N–H and O–H groups in total. The van der Waals surface area contributed by atoms with Crippen LogP contribution in [-0.4, -0.2) is 26.9 Å². The molecule has 0 aromatic heterocycles. The van der Waals surface area contributed by atoms with Gasteiger partial charge in [0.1, 0.15) is 0 Å². The van der Waals surface area contributed by atoms with E-state index in [0.717, 1.165) is 37.7 Å². The number of sulfonamides is 1. The van der Waals surface area contributed by atoms with Crippen LogP contribution in [0.4, 0.5) is 0 Å². The second-order valence-electron chi connectivity index (χ2n) is 7.20. The van der Waals surface area contributed by atoms with Gasteiger partial charge in [0.05, 0.1) is 4.90 Å². The first-order valence-corrected chi connectivity index (χ1v) is 10.7. The van der Waals surface area contributed by atoms with E-state index in [4.69, 9.17) is 0 Å². The van der Waals surface area contributed by atoms with Crippen molar-refractivity contribution in [2.75, 3.05) is 6.54 Å². The van der Waals surface area contributed by atoms with E-state index in [0.29, 0.717) is 17.4 Å². The molecule has 2 rings (SSSR count). The molecule has 1 atom stereocenters. The number of carbonyl (C=O) groups is 1. The zero-order valence-electron chi connectivity index (χ0n) is 15.4. The molecule has 0 heterocycles. The van der Waals surface area contributed by atoms with Crippen LogP contribution < -0.4 is 10.0 Å². The number of aryl methyl sites for hydroxylation is 1. The highest BCUT2D eigenvalue weighted by Gasteiger charge is 2.27. The van der Waals surface area contributed by atoms with Gasteiger partial charge in [-0.05, 0) is 64.0 Å². The summed E-state index contributed by atoms with van der Waals surface area (Å²) < 4.78 is 27.4. The number of hydrogen-bond acceptors (Lipinski definition) is 3. The molecule has 1 aliphatic carbocycles. The maximum absolute atomic E-state index is 12.3. The van der Waals surface area contributed by atoms with E-state index in [9.17, 15) is 13.2 Å². The molecule has 1 amide bonds. The monoisotopic (exact) mass is 366 g/mol. The smallest absolute Gasteiger partial charge is 0.240 e. The van der Waals surface area contributed by atoms with Crippen LogP contribution in [0.15, 0.2) is 29.2 Å². The average molecular weight is 367 g/mol. The van der Waals surface area contributed by atoms with Crippen molar-refractivity contribution in [2.24, 2.45) is 11.8 Å². The van der Waals surface area contributed by atoms with Crippen molar-refractivity contribution in [1.82, 2.24) is 10.0 Å². The molecular formula is C19H30N2O3S. The fraction of sp³-hybridized carbons (Fsp3) is 0.632. The first-order chi connectivity index (χ1) is 11.8. The van der Waals surface area contributed by atoms with E-state index in [-0.39, 0.29) is 17.9 Å². The Morgan fingerprint density at radius 3 is 2.32 bits per heavy atom. The molecule has 0 aliphatic heterocycles. The second-order valence-corrected chi connectivity index (χ2v) is 8.97. The quantitative estimate of drug-likeness (QED) is 0.779. The molecule has 0 saturated heterocycles. The van der Waals surface area contributed by atoms with Crippen LogP contribution in [0, 0.1) is 18.8 Å². The van der Waals surface area contributed by atoms with Crippen LogP contribution in [0.2, 0.25) is 0 Å². The summed E-state index contributed by atoms with van der Waals surface area (Å²) in [5.41, 5.74) is 1.04. The number of benzene rings is 1. The average Bonchev–Trinajstić information content (AvgIpc) is 2.60. The van der Waals surface area contributed by atoms with E-state index < -0.39 is 10.0 Å². The highest BCUT2D eigenvalue weighted by atomic mass is 32.2. The third kappa shape index (κ3) is 5.82. The van der Waals surface area contributed by atoms with Crippen LogP contribution in [0.25, 0.3) is 0 Å². The number of nitrogens with one attached hydrogen (secondary N) is 2. The number of rotatable bonds is 7. The molecule has 140 valence electrons. The molecule has 0 radical (unpaired) electrons. The SMILES string of the molecule is CC[C@@H](C)NC(=O)C1CCC(CNS(=O)(=O)c2ccc(C)cc2)CC1. The Morgan fingerprint density at radius 1 is 1.16 bits per heavy atom. The number of carbonyl (C=O) groups excluding carboxylic acids is 1. The molecule has 1 aromatic rings. The van der Waals surface area contributed by atoms with Crippen molar-refractivity contribution in [3.63, 3.8) is 0 Å². The van der Waals surface area contributed by atoms with Gasteiger partial charge in [-0.15, -0.1) is 0 Å². The fourth-order valence-corrected chi connectivity index (χ4v) is 4.24. The molecule has 6 heteroatoms. The van der Waals surface area contributed by atoms with Crippen molar-refractivity contribution in [3.05, 3.63) is 29.8 Å². The Labute approximate surface area is 151 Å². The topological polar surface area (TPSA) is 75.3 Å². The summed E-state index contributed by atoms with van der Waals surface area (Å²) in [4.78, 5) is 12.5. The summed E-state index contributed by atoms with van der Waals surface area (Å²) >= 11 is 0. The van der Waals surface area contributed by atoms with E-state index in [1.807, 2.05) is 13.8 Å². The lowest BCUT2D eigenvalue weighted by Crippen LogP contribution is -2.39. The highest BCUT2D eigenvalue weighted by molar-refractivity contribution is 7.89. The first kappa shape index (κ1) is 19.9. The number of hydrogen-bond donors (Lipinski definition) is 2. The zero-order valence-corrected chi connectivity index (χ0v) is 16.2. The number of amides is 1. The summed E-state index contributed by atoms with van der Waals surface area (Å²) in [6.45, 7) is 6.45. The van der Waals surface area contributed by atoms with E-state index in [2.05, 4.69) is 17.0 Å². The second kappa shape index (κ2) is 8.81. The predicted octanol–water partition coefficient (Wildman–Crippen LogP) is 2.99. The molecule has 1 saturated carbocycles. The maximum Gasteiger partial charge on any atom is 0.240 e. The summed E-state index contributed by atoms with van der Waals surface area (Å²) in [5, 5.41) is 3.05. The summed E-state index contributed by atoms with van der Waals surface area (Å²) in [5.74, 6) is 0.514. The normalized spacial score (nSPS) is 22.4. The van der Waals surface area contributed by atoms with E-state index >= 15 is 0 Å². The van der Waals surface area contributed by atoms with Gasteiger partial charge in [-0.2, -0.15) is 0 Å². The Morgan fingerprint density at radius 2 is 1.76 bits per heavy atom. The van der Waals surface area contributed by atoms with Gasteiger partial charge in [-0.1, -0.05) is 24.6 Å². The van der Waals surface area contributed by atoms with Crippen molar-refractivity contribution in [3.8, 4) is 0 Å². The molecule has 0 unspecified atom stereocenters. The maximum atomic E-state index is 12.3. The lowest BCUT2D eigenvalue weighted by atomic mass is 9.81. The Hall–Kier alpha value is -1.40. The third-order valence-electron chi connectivity index (χ3n) is 5.11. The summed E-state index contributed by atoms with van der Waals surface area (Å²) in [6, 6.07) is 7.08. The third-order valence-corrected chi connectivity index (χ3v) is 6.55. The summed E-state index contributed by atoms with van der Waals surface area (Å²) in [7, 11) is -3.45. The molecule has 5 nitrogen and oxygen atoms in total. The molecule has 25 heavy (non-hydrogen) atoms. The lowest BCUT2D eigenvalue weighted by molar-refractivity contribution is -0.126. The molecule has 1 fully saturated rings. The van der Waals surface area contributed by atoms with Crippen molar-refractivity contribution in [1.29, 1.82) is 0 Å². The summed E-state index contributed by atoms with van der Waals surface area (Å²) in [6.07, 6.45) is 4.37. The van der Waals surface area contributed by atoms with Crippen LogP contribution in [0.5, 0.6) is 0 Å². The lowest BCUT2D eigenvalue weighted by Gasteiger charge is -2.28. The Kier molecular flexibility index (Phi) is 7.02. The van der Waals surface area contributed by atoms with Gasteiger partial charge in [0.2, 0.25) is 15.9 Å². The molecule has 0 spiro atoms. The van der Waals surface area contributed by atoms with E-state index in [1.54, 1.807) is 24.3 Å². The van der Waals surface area contributed by atoms with Gasteiger partial charge >= 0.3 is 0 Å². The van der Waals surface area contributed by atoms with E-state index in [1.165, 1.54) is 0 Å². The van der Waals surface area contributed by atoms with Gasteiger partial charge < -0.3 is 5.32 Å². The Bertz CT molecular complexity index is 662. The zero-order chi connectivity index (χ0) is 18.4. The van der Waals surface area contributed by atoms with Crippen molar-refractivity contribution < 1.29 is 13.2 Å². The molecule has 0 bridgehead atoms. The first-order valence-electron chi connectivity index (χ1n) is 9.18. The minimum Gasteiger partial charge on any atom is -0.353 e. The Balaban J connectivity index is 1.80. The molecule has 1 aromatic carbocycles. The molecular weight excluding hydrogens is 336 g/mol. The highest BCUT2D eigenvalue weighted by Crippen LogP contribution is 2.29.